The molecule has 1 atom stereocenters. The monoisotopic (exact) mass is 242 g/mol. The van der Waals surface area contributed by atoms with Crippen molar-refractivity contribution in [2.45, 2.75) is 18.9 Å². The maximum Gasteiger partial charge on any atom is 0.137 e. The molecule has 3 nitrogen and oxygen atoms in total. The summed E-state index contributed by atoms with van der Waals surface area (Å²) in [4.78, 5) is 0. The highest BCUT2D eigenvalue weighted by Crippen LogP contribution is 2.28. The molecule has 0 bridgehead atoms. The van der Waals surface area contributed by atoms with Crippen molar-refractivity contribution in [2.75, 3.05) is 20.7 Å². The summed E-state index contributed by atoms with van der Waals surface area (Å²) in [5.41, 5.74) is 6.68. The molecule has 0 fully saturated rings. The van der Waals surface area contributed by atoms with Crippen LogP contribution in [0.1, 0.15) is 24.4 Å². The highest BCUT2D eigenvalue weighted by Gasteiger charge is 2.10. The molecular weight excluding hydrogens is 224 g/mol. The number of rotatable bonds is 6. The minimum atomic E-state index is 0.298. The van der Waals surface area contributed by atoms with Gasteiger partial charge in [0, 0.05) is 6.04 Å². The standard InChI is InChI=1S/C12H19ClN2O/c1-15-11(4-3-7-14)9-5-6-12(16-2)10(13)8-9/h5-6,8,11,15H,3-4,7,14H2,1-2H3. The van der Waals surface area contributed by atoms with E-state index < -0.39 is 0 Å². The van der Waals surface area contributed by atoms with Gasteiger partial charge in [0.1, 0.15) is 5.75 Å². The summed E-state index contributed by atoms with van der Waals surface area (Å²) in [7, 11) is 3.56. The van der Waals surface area contributed by atoms with E-state index in [2.05, 4.69) is 5.32 Å². The lowest BCUT2D eigenvalue weighted by molar-refractivity contribution is 0.414. The van der Waals surface area contributed by atoms with Crippen molar-refractivity contribution < 1.29 is 4.74 Å². The summed E-state index contributed by atoms with van der Waals surface area (Å²) in [6.07, 6.45) is 2.00. The molecule has 16 heavy (non-hydrogen) atoms. The Morgan fingerprint density at radius 2 is 2.25 bits per heavy atom. The van der Waals surface area contributed by atoms with Crippen LogP contribution in [0.2, 0.25) is 5.02 Å². The molecule has 0 heterocycles. The Bertz CT molecular complexity index is 331. The minimum Gasteiger partial charge on any atom is -0.495 e. The van der Waals surface area contributed by atoms with Crippen LogP contribution in [0.15, 0.2) is 18.2 Å². The fraction of sp³-hybridized carbons (Fsp3) is 0.500. The number of hydrogen-bond donors (Lipinski definition) is 2. The van der Waals surface area contributed by atoms with Gasteiger partial charge in [-0.05, 0) is 44.1 Å². The Hall–Kier alpha value is -0.770. The molecule has 3 N–H and O–H groups in total. The summed E-state index contributed by atoms with van der Waals surface area (Å²) >= 11 is 6.09. The topological polar surface area (TPSA) is 47.3 Å². The van der Waals surface area contributed by atoms with Crippen LogP contribution in [0.3, 0.4) is 0 Å². The lowest BCUT2D eigenvalue weighted by Gasteiger charge is -2.17. The quantitative estimate of drug-likeness (QED) is 0.805. The van der Waals surface area contributed by atoms with Gasteiger partial charge in [0.25, 0.3) is 0 Å². The normalized spacial score (nSPS) is 12.5. The Kier molecular flexibility index (Phi) is 5.60. The van der Waals surface area contributed by atoms with Gasteiger partial charge in [0.2, 0.25) is 0 Å². The SMILES string of the molecule is CNC(CCCN)c1ccc(OC)c(Cl)c1. The Labute approximate surface area is 102 Å². The zero-order chi connectivity index (χ0) is 12.0. The molecule has 1 unspecified atom stereocenters. The molecule has 4 heteroatoms. The van der Waals surface area contributed by atoms with Crippen molar-refractivity contribution in [1.82, 2.24) is 5.32 Å². The van der Waals surface area contributed by atoms with Gasteiger partial charge in [-0.25, -0.2) is 0 Å². The fourth-order valence-electron chi connectivity index (χ4n) is 1.70. The van der Waals surface area contributed by atoms with Gasteiger partial charge in [-0.3, -0.25) is 0 Å². The first-order valence-electron chi connectivity index (χ1n) is 5.43. The zero-order valence-corrected chi connectivity index (χ0v) is 10.6. The number of nitrogens with one attached hydrogen (secondary N) is 1. The number of methoxy groups -OCH3 is 1. The molecule has 0 radical (unpaired) electrons. The van der Waals surface area contributed by atoms with E-state index in [4.69, 9.17) is 22.1 Å². The lowest BCUT2D eigenvalue weighted by atomic mass is 10.0. The van der Waals surface area contributed by atoms with Crippen molar-refractivity contribution in [2.24, 2.45) is 5.73 Å². The van der Waals surface area contributed by atoms with Gasteiger partial charge in [-0.2, -0.15) is 0 Å². The second-order valence-corrected chi connectivity index (χ2v) is 4.07. The van der Waals surface area contributed by atoms with Gasteiger partial charge in [0.15, 0.2) is 0 Å². The lowest BCUT2D eigenvalue weighted by Crippen LogP contribution is -2.17. The van der Waals surface area contributed by atoms with Crippen LogP contribution >= 0.6 is 11.6 Å². The molecule has 0 amide bonds. The fourth-order valence-corrected chi connectivity index (χ4v) is 1.97. The van der Waals surface area contributed by atoms with E-state index in [9.17, 15) is 0 Å². The highest BCUT2D eigenvalue weighted by atomic mass is 35.5. The third-order valence-electron chi connectivity index (χ3n) is 2.62. The maximum absolute atomic E-state index is 6.09. The Morgan fingerprint density at radius 3 is 2.75 bits per heavy atom. The van der Waals surface area contributed by atoms with Gasteiger partial charge >= 0.3 is 0 Å². The second-order valence-electron chi connectivity index (χ2n) is 3.67. The van der Waals surface area contributed by atoms with Crippen LogP contribution in [0.25, 0.3) is 0 Å². The summed E-state index contributed by atoms with van der Waals surface area (Å²) < 4.78 is 5.12. The van der Waals surface area contributed by atoms with E-state index >= 15 is 0 Å². The van der Waals surface area contributed by atoms with Crippen LogP contribution in [0.5, 0.6) is 5.75 Å². The first-order chi connectivity index (χ1) is 7.72. The van der Waals surface area contributed by atoms with E-state index in [1.807, 2.05) is 25.2 Å². The smallest absolute Gasteiger partial charge is 0.137 e. The zero-order valence-electron chi connectivity index (χ0n) is 9.79. The number of ether oxygens (including phenoxy) is 1. The molecule has 0 aliphatic rings. The van der Waals surface area contributed by atoms with Crippen LogP contribution in [-0.2, 0) is 0 Å². The van der Waals surface area contributed by atoms with E-state index in [0.29, 0.717) is 23.4 Å². The molecule has 0 aliphatic carbocycles. The first-order valence-corrected chi connectivity index (χ1v) is 5.81. The summed E-state index contributed by atoms with van der Waals surface area (Å²) in [5, 5.41) is 3.91. The van der Waals surface area contributed by atoms with Crippen molar-refractivity contribution >= 4 is 11.6 Å². The molecule has 0 spiro atoms. The minimum absolute atomic E-state index is 0.298. The molecule has 1 aromatic rings. The van der Waals surface area contributed by atoms with Crippen LogP contribution in [0, 0.1) is 0 Å². The van der Waals surface area contributed by atoms with Crippen molar-refractivity contribution in [1.29, 1.82) is 0 Å². The van der Waals surface area contributed by atoms with E-state index in [0.717, 1.165) is 12.8 Å². The van der Waals surface area contributed by atoms with Gasteiger partial charge < -0.3 is 15.8 Å². The second kappa shape index (κ2) is 6.74. The molecule has 0 saturated carbocycles. The Morgan fingerprint density at radius 1 is 1.50 bits per heavy atom. The average molecular weight is 243 g/mol. The predicted molar refractivity (Wildman–Crippen MR) is 68.1 cm³/mol. The van der Waals surface area contributed by atoms with E-state index in [1.165, 1.54) is 5.56 Å². The number of hydrogen-bond acceptors (Lipinski definition) is 3. The van der Waals surface area contributed by atoms with Crippen molar-refractivity contribution in [3.05, 3.63) is 28.8 Å². The largest absolute Gasteiger partial charge is 0.495 e. The van der Waals surface area contributed by atoms with Crippen LogP contribution in [0.4, 0.5) is 0 Å². The van der Waals surface area contributed by atoms with Crippen LogP contribution < -0.4 is 15.8 Å². The van der Waals surface area contributed by atoms with E-state index in [1.54, 1.807) is 7.11 Å². The molecular formula is C12H19ClN2O. The third-order valence-corrected chi connectivity index (χ3v) is 2.92. The van der Waals surface area contributed by atoms with Crippen molar-refractivity contribution in [3.8, 4) is 5.75 Å². The van der Waals surface area contributed by atoms with Crippen molar-refractivity contribution in [3.63, 3.8) is 0 Å². The summed E-state index contributed by atoms with van der Waals surface area (Å²) in [6, 6.07) is 6.16. The third kappa shape index (κ3) is 3.37. The molecule has 1 aromatic carbocycles. The van der Waals surface area contributed by atoms with E-state index in [-0.39, 0.29) is 0 Å². The molecule has 0 saturated heterocycles. The average Bonchev–Trinajstić information content (AvgIpc) is 2.30. The number of halogens is 1. The molecule has 1 rings (SSSR count). The number of nitrogens with two attached hydrogens (primary N) is 1. The number of benzene rings is 1. The Balaban J connectivity index is 2.80. The van der Waals surface area contributed by atoms with Crippen LogP contribution in [-0.4, -0.2) is 20.7 Å². The highest BCUT2D eigenvalue weighted by molar-refractivity contribution is 6.32. The maximum atomic E-state index is 6.09. The molecule has 90 valence electrons. The van der Waals surface area contributed by atoms with Gasteiger partial charge in [0.05, 0.1) is 12.1 Å². The van der Waals surface area contributed by atoms with Gasteiger partial charge in [-0.15, -0.1) is 0 Å². The molecule has 0 aliphatic heterocycles. The summed E-state index contributed by atoms with van der Waals surface area (Å²) in [5.74, 6) is 0.707. The first kappa shape index (κ1) is 13.3. The predicted octanol–water partition coefficient (Wildman–Crippen LogP) is 2.35. The van der Waals surface area contributed by atoms with Gasteiger partial charge in [-0.1, -0.05) is 17.7 Å². The summed E-state index contributed by atoms with van der Waals surface area (Å²) in [6.45, 7) is 0.710. The molecule has 0 aromatic heterocycles.